The summed E-state index contributed by atoms with van der Waals surface area (Å²) in [5.41, 5.74) is 0. The van der Waals surface area contributed by atoms with Gasteiger partial charge in [-0.3, -0.25) is 0 Å². The average Bonchev–Trinajstić information content (AvgIpc) is 2.59. The molecule has 164 valence electrons. The maximum absolute atomic E-state index is 12.2. The lowest BCUT2D eigenvalue weighted by Gasteiger charge is -2.17. The molecule has 1 aromatic carbocycles. The van der Waals surface area contributed by atoms with Crippen molar-refractivity contribution < 1.29 is 27.4 Å². The summed E-state index contributed by atoms with van der Waals surface area (Å²) >= 11 is 28.5. The van der Waals surface area contributed by atoms with E-state index in [4.69, 9.17) is 72.2 Å². The van der Waals surface area contributed by atoms with Gasteiger partial charge in [-0.15, -0.1) is 0 Å². The Labute approximate surface area is 192 Å². The van der Waals surface area contributed by atoms with E-state index in [1.807, 2.05) is 6.92 Å². The number of benzene rings is 1. The van der Waals surface area contributed by atoms with Crippen LogP contribution < -0.4 is 9.47 Å². The molecule has 0 aliphatic heterocycles. The SMILES string of the molecule is CC(CCCOCC=C(Cl)C(F)(F)F)Oc1c(Cl)cc(OCC=C(Cl)Cl)cc1Cl. The van der Waals surface area contributed by atoms with Gasteiger partial charge < -0.3 is 14.2 Å². The Morgan fingerprint density at radius 3 is 2.24 bits per heavy atom. The molecule has 29 heavy (non-hydrogen) atoms. The van der Waals surface area contributed by atoms with Gasteiger partial charge in [-0.05, 0) is 31.9 Å². The van der Waals surface area contributed by atoms with E-state index in [1.54, 1.807) is 12.1 Å². The number of halogens is 8. The third-order valence-electron chi connectivity index (χ3n) is 3.33. The number of ether oxygens (including phenoxy) is 3. The van der Waals surface area contributed by atoms with Crippen LogP contribution >= 0.6 is 58.0 Å². The van der Waals surface area contributed by atoms with Gasteiger partial charge in [0.05, 0.1) is 22.8 Å². The lowest BCUT2D eigenvalue weighted by atomic mass is 10.2. The highest BCUT2D eigenvalue weighted by molar-refractivity contribution is 6.55. The Balaban J connectivity index is 2.44. The summed E-state index contributed by atoms with van der Waals surface area (Å²) in [6.07, 6.45) is -1.44. The molecule has 0 saturated carbocycles. The summed E-state index contributed by atoms with van der Waals surface area (Å²) in [6, 6.07) is 3.09. The van der Waals surface area contributed by atoms with E-state index in [-0.39, 0.29) is 40.5 Å². The van der Waals surface area contributed by atoms with Crippen molar-refractivity contribution in [3.05, 3.63) is 43.9 Å². The van der Waals surface area contributed by atoms with Crippen molar-refractivity contribution in [3.8, 4) is 11.5 Å². The van der Waals surface area contributed by atoms with Gasteiger partial charge in [-0.1, -0.05) is 58.0 Å². The molecule has 1 aromatic rings. The van der Waals surface area contributed by atoms with E-state index in [2.05, 4.69) is 0 Å². The van der Waals surface area contributed by atoms with Crippen LogP contribution in [-0.4, -0.2) is 32.1 Å². The monoisotopic (exact) mass is 514 g/mol. The van der Waals surface area contributed by atoms with Crippen LogP contribution in [0.25, 0.3) is 0 Å². The zero-order valence-corrected chi connectivity index (χ0v) is 19.0. The number of hydrogen-bond acceptors (Lipinski definition) is 3. The van der Waals surface area contributed by atoms with E-state index < -0.39 is 11.2 Å². The van der Waals surface area contributed by atoms with E-state index in [0.717, 1.165) is 6.08 Å². The van der Waals surface area contributed by atoms with Gasteiger partial charge in [0.2, 0.25) is 0 Å². The van der Waals surface area contributed by atoms with E-state index in [0.29, 0.717) is 24.3 Å². The molecule has 0 aromatic heterocycles. The maximum atomic E-state index is 12.2. The van der Waals surface area contributed by atoms with Crippen molar-refractivity contribution >= 4 is 58.0 Å². The summed E-state index contributed by atoms with van der Waals surface area (Å²) in [7, 11) is 0. The van der Waals surface area contributed by atoms with Crippen molar-refractivity contribution in [2.45, 2.75) is 32.0 Å². The molecule has 0 aliphatic carbocycles. The standard InChI is InChI=1S/C18H18Cl5F3O3/c1-11(3-2-6-27-7-4-15(21)18(24,25)26)29-17-13(19)9-12(10-14(17)20)28-8-5-16(22)23/h4-5,9-11H,2-3,6-8H2,1H3. The summed E-state index contributed by atoms with van der Waals surface area (Å²) in [6.45, 7) is 1.98. The zero-order chi connectivity index (χ0) is 22.0. The molecule has 1 rings (SSSR count). The highest BCUT2D eigenvalue weighted by Gasteiger charge is 2.31. The molecule has 0 aliphatic rings. The molecule has 11 heteroatoms. The van der Waals surface area contributed by atoms with Crippen LogP contribution in [0.3, 0.4) is 0 Å². The zero-order valence-electron chi connectivity index (χ0n) is 15.2. The van der Waals surface area contributed by atoms with Crippen molar-refractivity contribution in [2.24, 2.45) is 0 Å². The molecule has 1 atom stereocenters. The summed E-state index contributed by atoms with van der Waals surface area (Å²) in [5, 5.41) is -0.667. The first-order chi connectivity index (χ1) is 13.5. The van der Waals surface area contributed by atoms with Crippen molar-refractivity contribution in [1.29, 1.82) is 0 Å². The van der Waals surface area contributed by atoms with Gasteiger partial charge in [0.25, 0.3) is 0 Å². The number of hydrogen-bond donors (Lipinski definition) is 0. The van der Waals surface area contributed by atoms with E-state index in [9.17, 15) is 13.2 Å². The summed E-state index contributed by atoms with van der Waals surface area (Å²) < 4.78 is 53.0. The van der Waals surface area contributed by atoms with E-state index >= 15 is 0 Å². The van der Waals surface area contributed by atoms with Gasteiger partial charge >= 0.3 is 6.18 Å². The van der Waals surface area contributed by atoms with Gasteiger partial charge in [-0.25, -0.2) is 0 Å². The fraction of sp³-hybridized carbons (Fsp3) is 0.444. The molecule has 0 heterocycles. The smallest absolute Gasteiger partial charge is 0.426 e. The molecule has 0 radical (unpaired) electrons. The lowest BCUT2D eigenvalue weighted by Crippen LogP contribution is -2.13. The minimum Gasteiger partial charge on any atom is -0.489 e. The first-order valence-corrected chi connectivity index (χ1v) is 10.2. The Bertz CT molecular complexity index is 696. The number of alkyl halides is 3. The second-order valence-electron chi connectivity index (χ2n) is 5.72. The third kappa shape index (κ3) is 10.9. The van der Waals surface area contributed by atoms with Gasteiger partial charge in [-0.2, -0.15) is 13.2 Å². The highest BCUT2D eigenvalue weighted by Crippen LogP contribution is 2.38. The van der Waals surface area contributed by atoms with Crippen LogP contribution in [0, 0.1) is 0 Å². The Morgan fingerprint density at radius 1 is 1.07 bits per heavy atom. The second kappa shape index (κ2) is 13.0. The van der Waals surface area contributed by atoms with Crippen LogP contribution in [0.5, 0.6) is 11.5 Å². The highest BCUT2D eigenvalue weighted by atomic mass is 35.5. The van der Waals surface area contributed by atoms with Crippen LogP contribution in [-0.2, 0) is 4.74 Å². The van der Waals surface area contributed by atoms with Gasteiger partial charge in [0.15, 0.2) is 5.75 Å². The first-order valence-electron chi connectivity index (χ1n) is 8.31. The fourth-order valence-electron chi connectivity index (χ4n) is 2.00. The van der Waals surface area contributed by atoms with Crippen molar-refractivity contribution in [3.63, 3.8) is 0 Å². The van der Waals surface area contributed by atoms with Crippen LogP contribution in [0.2, 0.25) is 10.0 Å². The molecule has 0 spiro atoms. The minimum atomic E-state index is -4.56. The quantitative estimate of drug-likeness (QED) is 0.280. The maximum Gasteiger partial charge on any atom is 0.426 e. The topological polar surface area (TPSA) is 27.7 Å². The largest absolute Gasteiger partial charge is 0.489 e. The fourth-order valence-corrected chi connectivity index (χ4v) is 2.74. The second-order valence-corrected chi connectivity index (χ2v) is 7.95. The minimum absolute atomic E-state index is 0.0828. The molecule has 0 N–H and O–H groups in total. The average molecular weight is 517 g/mol. The van der Waals surface area contributed by atoms with Crippen LogP contribution in [0.4, 0.5) is 13.2 Å². The molecule has 0 saturated heterocycles. The van der Waals surface area contributed by atoms with Gasteiger partial charge in [0, 0.05) is 18.7 Å². The Hall–Kier alpha value is -0.500. The predicted octanol–water partition coefficient (Wildman–Crippen LogP) is 7.94. The molecule has 0 amide bonds. The van der Waals surface area contributed by atoms with Crippen molar-refractivity contribution in [1.82, 2.24) is 0 Å². The molecular weight excluding hydrogens is 498 g/mol. The van der Waals surface area contributed by atoms with E-state index in [1.165, 1.54) is 6.08 Å². The van der Waals surface area contributed by atoms with Crippen molar-refractivity contribution in [2.75, 3.05) is 19.8 Å². The molecule has 1 unspecified atom stereocenters. The Kier molecular flexibility index (Phi) is 11.9. The summed E-state index contributed by atoms with van der Waals surface area (Å²) in [5.74, 6) is 0.727. The third-order valence-corrected chi connectivity index (χ3v) is 4.57. The number of allylic oxidation sites excluding steroid dienone is 1. The number of rotatable bonds is 11. The normalized spacial score (nSPS) is 13.2. The lowest BCUT2D eigenvalue weighted by molar-refractivity contribution is -0.0850. The van der Waals surface area contributed by atoms with Crippen LogP contribution in [0.15, 0.2) is 33.8 Å². The van der Waals surface area contributed by atoms with Gasteiger partial charge in [0.1, 0.15) is 21.9 Å². The molecule has 0 bridgehead atoms. The summed E-state index contributed by atoms with van der Waals surface area (Å²) in [4.78, 5) is 0. The predicted molar refractivity (Wildman–Crippen MR) is 112 cm³/mol. The van der Waals surface area contributed by atoms with Crippen LogP contribution in [0.1, 0.15) is 19.8 Å². The Morgan fingerprint density at radius 2 is 1.69 bits per heavy atom. The molecular formula is C18H18Cl5F3O3. The first kappa shape index (κ1) is 26.5. The molecule has 3 nitrogen and oxygen atoms in total. The molecule has 0 fully saturated rings.